The van der Waals surface area contributed by atoms with Gasteiger partial charge in [-0.05, 0) is 24.6 Å². The average molecular weight is 282 g/mol. The molecule has 1 N–H and O–H groups in total. The van der Waals surface area contributed by atoms with E-state index in [1.165, 1.54) is 12.1 Å². The van der Waals surface area contributed by atoms with Gasteiger partial charge in [0.25, 0.3) is 5.91 Å². The Morgan fingerprint density at radius 1 is 1.45 bits per heavy atom. The molecule has 0 saturated heterocycles. The first-order valence-electron chi connectivity index (χ1n) is 5.90. The van der Waals surface area contributed by atoms with Crippen LogP contribution in [0.2, 0.25) is 0 Å². The molecule has 1 amide bonds. The Hall–Kier alpha value is -2.29. The van der Waals surface area contributed by atoms with E-state index in [9.17, 15) is 18.0 Å². The van der Waals surface area contributed by atoms with Crippen molar-refractivity contribution in [3.8, 4) is 6.07 Å². The highest BCUT2D eigenvalue weighted by Crippen LogP contribution is 2.33. The maximum absolute atomic E-state index is 12.8. The van der Waals surface area contributed by atoms with E-state index in [-0.39, 0.29) is 5.69 Å². The summed E-state index contributed by atoms with van der Waals surface area (Å²) in [4.78, 5) is 11.7. The minimum atomic E-state index is -4.65. The van der Waals surface area contributed by atoms with Crippen molar-refractivity contribution in [1.82, 2.24) is 0 Å². The molecule has 0 atom stereocenters. The maximum atomic E-state index is 12.8. The second kappa shape index (κ2) is 6.24. The van der Waals surface area contributed by atoms with Crippen LogP contribution in [-0.2, 0) is 11.0 Å². The van der Waals surface area contributed by atoms with Crippen molar-refractivity contribution >= 4 is 11.6 Å². The second-order valence-electron chi connectivity index (χ2n) is 4.18. The Bertz CT molecular complexity index is 571. The first-order valence-corrected chi connectivity index (χ1v) is 5.90. The lowest BCUT2D eigenvalue weighted by Crippen LogP contribution is -2.15. The third-order valence-electron chi connectivity index (χ3n) is 2.58. The quantitative estimate of drug-likeness (QED) is 0.852. The fourth-order valence-corrected chi connectivity index (χ4v) is 1.59. The number of anilines is 1. The van der Waals surface area contributed by atoms with E-state index in [1.54, 1.807) is 0 Å². The minimum absolute atomic E-state index is 0.0152. The zero-order valence-electron chi connectivity index (χ0n) is 10.8. The van der Waals surface area contributed by atoms with E-state index in [2.05, 4.69) is 11.9 Å². The summed E-state index contributed by atoms with van der Waals surface area (Å²) in [6.07, 6.45) is -3.46. The Labute approximate surface area is 114 Å². The summed E-state index contributed by atoms with van der Waals surface area (Å²) in [5.74, 6) is -0.523. The number of carbonyl (C=O) groups is 1. The van der Waals surface area contributed by atoms with E-state index >= 15 is 0 Å². The Kier molecular flexibility index (Phi) is 4.92. The van der Waals surface area contributed by atoms with Crippen LogP contribution in [0.4, 0.5) is 18.9 Å². The molecule has 1 aromatic rings. The van der Waals surface area contributed by atoms with Crippen molar-refractivity contribution in [3.05, 3.63) is 41.5 Å². The molecule has 1 aromatic carbocycles. The number of hydrogen-bond acceptors (Lipinski definition) is 2. The van der Waals surface area contributed by atoms with Crippen molar-refractivity contribution in [2.24, 2.45) is 0 Å². The zero-order valence-corrected chi connectivity index (χ0v) is 10.8. The summed E-state index contributed by atoms with van der Waals surface area (Å²) in [6, 6.07) is 4.50. The van der Waals surface area contributed by atoms with Gasteiger partial charge in [0, 0.05) is 11.3 Å². The van der Waals surface area contributed by atoms with Crippen molar-refractivity contribution in [2.75, 3.05) is 5.32 Å². The van der Waals surface area contributed by atoms with Gasteiger partial charge in [-0.25, -0.2) is 0 Å². The highest BCUT2D eigenvalue weighted by atomic mass is 19.4. The van der Waals surface area contributed by atoms with Gasteiger partial charge in [-0.15, -0.1) is 0 Å². The molecular formula is C14H13F3N2O. The summed E-state index contributed by atoms with van der Waals surface area (Å²) in [5.41, 5.74) is -1.27. The van der Waals surface area contributed by atoms with Gasteiger partial charge in [0.05, 0.1) is 17.2 Å². The van der Waals surface area contributed by atoms with Crippen LogP contribution in [-0.4, -0.2) is 5.91 Å². The molecule has 0 aliphatic carbocycles. The molecule has 0 heterocycles. The van der Waals surface area contributed by atoms with Gasteiger partial charge in [-0.3, -0.25) is 4.79 Å². The monoisotopic (exact) mass is 282 g/mol. The molecular weight excluding hydrogens is 269 g/mol. The number of nitriles is 1. The van der Waals surface area contributed by atoms with Crippen LogP contribution in [0.5, 0.6) is 0 Å². The van der Waals surface area contributed by atoms with Gasteiger partial charge in [0.2, 0.25) is 0 Å². The number of amides is 1. The van der Waals surface area contributed by atoms with Crippen molar-refractivity contribution in [1.29, 1.82) is 5.26 Å². The molecule has 0 bridgehead atoms. The van der Waals surface area contributed by atoms with Crippen LogP contribution < -0.4 is 5.32 Å². The van der Waals surface area contributed by atoms with Crippen LogP contribution >= 0.6 is 0 Å². The number of carbonyl (C=O) groups excluding carboxylic acids is 1. The van der Waals surface area contributed by atoms with Gasteiger partial charge in [0.15, 0.2) is 0 Å². The average Bonchev–Trinajstić information content (AvgIpc) is 2.37. The smallest absolute Gasteiger partial charge is 0.322 e. The van der Waals surface area contributed by atoms with Gasteiger partial charge in [-0.1, -0.05) is 19.9 Å². The lowest BCUT2D eigenvalue weighted by atomic mass is 10.1. The molecule has 0 spiro atoms. The van der Waals surface area contributed by atoms with Gasteiger partial charge >= 0.3 is 6.18 Å². The third kappa shape index (κ3) is 3.85. The predicted molar refractivity (Wildman–Crippen MR) is 68.8 cm³/mol. The fourth-order valence-electron chi connectivity index (χ4n) is 1.59. The number of benzene rings is 1. The van der Waals surface area contributed by atoms with Crippen molar-refractivity contribution in [3.63, 3.8) is 0 Å². The van der Waals surface area contributed by atoms with Crippen molar-refractivity contribution < 1.29 is 18.0 Å². The molecule has 3 nitrogen and oxygen atoms in total. The molecule has 20 heavy (non-hydrogen) atoms. The first-order chi connectivity index (χ1) is 9.29. The largest absolute Gasteiger partial charge is 0.417 e. The molecule has 6 heteroatoms. The molecule has 0 aliphatic rings. The van der Waals surface area contributed by atoms with E-state index in [0.717, 1.165) is 12.1 Å². The predicted octanol–water partition coefficient (Wildman–Crippen LogP) is 3.87. The molecule has 0 fully saturated rings. The number of alkyl halides is 3. The molecule has 1 rings (SSSR count). The molecule has 0 unspecified atom stereocenters. The van der Waals surface area contributed by atoms with E-state index in [4.69, 9.17) is 5.26 Å². The Balaban J connectivity index is 3.02. The van der Waals surface area contributed by atoms with Crippen LogP contribution in [0.1, 0.15) is 30.9 Å². The van der Waals surface area contributed by atoms with Crippen LogP contribution in [0.3, 0.4) is 0 Å². The highest BCUT2D eigenvalue weighted by Gasteiger charge is 2.33. The molecule has 0 aromatic heterocycles. The van der Waals surface area contributed by atoms with Gasteiger partial charge < -0.3 is 5.32 Å². The van der Waals surface area contributed by atoms with Gasteiger partial charge in [0.1, 0.15) is 0 Å². The first kappa shape index (κ1) is 15.8. The summed E-state index contributed by atoms with van der Waals surface area (Å²) >= 11 is 0. The van der Waals surface area contributed by atoms with Crippen LogP contribution in [0.25, 0.3) is 0 Å². The number of rotatable bonds is 4. The maximum Gasteiger partial charge on any atom is 0.417 e. The summed E-state index contributed by atoms with van der Waals surface area (Å²) in [5, 5.41) is 11.0. The molecule has 106 valence electrons. The minimum Gasteiger partial charge on any atom is -0.322 e. The van der Waals surface area contributed by atoms with E-state index in [0.29, 0.717) is 18.4 Å². The SMILES string of the molecule is C=C(CCC)C(=O)Nc1ccc(C#N)c(C(F)(F)F)c1. The number of hydrogen-bond donors (Lipinski definition) is 1. The fraction of sp³-hybridized carbons (Fsp3) is 0.286. The summed E-state index contributed by atoms with van der Waals surface area (Å²) in [6.45, 7) is 5.42. The lowest BCUT2D eigenvalue weighted by Gasteiger charge is -2.12. The molecule has 0 saturated carbocycles. The Morgan fingerprint density at radius 2 is 2.10 bits per heavy atom. The number of nitrogens with one attached hydrogen (secondary N) is 1. The topological polar surface area (TPSA) is 52.9 Å². The van der Waals surface area contributed by atoms with E-state index in [1.807, 2.05) is 6.92 Å². The second-order valence-corrected chi connectivity index (χ2v) is 4.18. The third-order valence-corrected chi connectivity index (χ3v) is 2.58. The molecule has 0 aliphatic heterocycles. The Morgan fingerprint density at radius 3 is 2.60 bits per heavy atom. The summed E-state index contributed by atoms with van der Waals surface area (Å²) in [7, 11) is 0. The van der Waals surface area contributed by atoms with E-state index < -0.39 is 23.2 Å². The van der Waals surface area contributed by atoms with Crippen LogP contribution in [0.15, 0.2) is 30.4 Å². The van der Waals surface area contributed by atoms with Crippen LogP contribution in [0, 0.1) is 11.3 Å². The summed E-state index contributed by atoms with van der Waals surface area (Å²) < 4.78 is 38.3. The number of halogens is 3. The normalized spacial score (nSPS) is 10.8. The zero-order chi connectivity index (χ0) is 15.3. The molecule has 0 radical (unpaired) electrons. The standard InChI is InChI=1S/C14H13F3N2O/c1-3-4-9(2)13(20)19-11-6-5-10(8-18)12(7-11)14(15,16)17/h5-7H,2-4H2,1H3,(H,19,20). The number of nitrogens with zero attached hydrogens (tertiary/aromatic N) is 1. The lowest BCUT2D eigenvalue weighted by molar-refractivity contribution is -0.137. The van der Waals surface area contributed by atoms with Gasteiger partial charge in [-0.2, -0.15) is 18.4 Å². The highest BCUT2D eigenvalue weighted by molar-refractivity contribution is 6.03. The van der Waals surface area contributed by atoms with Crippen molar-refractivity contribution in [2.45, 2.75) is 25.9 Å².